The van der Waals surface area contributed by atoms with Crippen molar-refractivity contribution in [2.24, 2.45) is 5.73 Å². The van der Waals surface area contributed by atoms with Crippen molar-refractivity contribution in [1.29, 1.82) is 0 Å². The fraction of sp³-hybridized carbons (Fsp3) is 0.333. The molecule has 0 amide bonds. The number of phenols is 1. The van der Waals surface area contributed by atoms with Crippen LogP contribution < -0.4 is 11.5 Å². The number of fused-ring (bicyclic) bond motifs is 1. The van der Waals surface area contributed by atoms with Gasteiger partial charge in [-0.3, -0.25) is 0 Å². The molecule has 6 nitrogen and oxygen atoms in total. The van der Waals surface area contributed by atoms with Gasteiger partial charge in [0.15, 0.2) is 0 Å². The molecule has 0 saturated heterocycles. The molecule has 0 aliphatic heterocycles. The van der Waals surface area contributed by atoms with Crippen LogP contribution in [0.3, 0.4) is 0 Å². The van der Waals surface area contributed by atoms with Gasteiger partial charge in [-0.25, -0.2) is 9.97 Å². The second-order valence-corrected chi connectivity index (χ2v) is 6.52. The number of hydrogen-bond acceptors (Lipinski definition) is 5. The second-order valence-electron chi connectivity index (χ2n) is 6.52. The van der Waals surface area contributed by atoms with Crippen LogP contribution in [-0.4, -0.2) is 25.7 Å². The summed E-state index contributed by atoms with van der Waals surface area (Å²) in [6.45, 7) is 0. The Labute approximate surface area is 140 Å². The SMILES string of the molecule is Nc1ncnc2c1c(-c1ccc(O)cc1)cn2C1CCC(N)CC1. The van der Waals surface area contributed by atoms with Gasteiger partial charge in [0, 0.05) is 23.8 Å². The summed E-state index contributed by atoms with van der Waals surface area (Å²) < 4.78 is 2.22. The first-order valence-corrected chi connectivity index (χ1v) is 8.29. The van der Waals surface area contributed by atoms with Crippen molar-refractivity contribution in [2.75, 3.05) is 5.73 Å². The van der Waals surface area contributed by atoms with Crippen molar-refractivity contribution in [1.82, 2.24) is 14.5 Å². The minimum atomic E-state index is 0.243. The first-order chi connectivity index (χ1) is 11.6. The zero-order valence-corrected chi connectivity index (χ0v) is 13.4. The maximum atomic E-state index is 9.54. The summed E-state index contributed by atoms with van der Waals surface area (Å²) in [5.74, 6) is 0.724. The Morgan fingerprint density at radius 3 is 2.46 bits per heavy atom. The normalized spacial score (nSPS) is 21.2. The van der Waals surface area contributed by atoms with E-state index in [2.05, 4.69) is 20.7 Å². The fourth-order valence-corrected chi connectivity index (χ4v) is 3.63. The Bertz CT molecular complexity index is 863. The molecule has 1 aliphatic rings. The number of aromatic hydroxyl groups is 1. The molecule has 1 fully saturated rings. The van der Waals surface area contributed by atoms with Crippen molar-refractivity contribution in [3.8, 4) is 16.9 Å². The van der Waals surface area contributed by atoms with E-state index in [1.165, 1.54) is 6.33 Å². The van der Waals surface area contributed by atoms with Crippen LogP contribution in [0.25, 0.3) is 22.2 Å². The van der Waals surface area contributed by atoms with Crippen LogP contribution in [0.1, 0.15) is 31.7 Å². The van der Waals surface area contributed by atoms with Gasteiger partial charge >= 0.3 is 0 Å². The van der Waals surface area contributed by atoms with Crippen molar-refractivity contribution in [2.45, 2.75) is 37.8 Å². The molecule has 0 atom stereocenters. The number of nitrogens with zero attached hydrogens (tertiary/aromatic N) is 3. The maximum absolute atomic E-state index is 9.54. The lowest BCUT2D eigenvalue weighted by molar-refractivity contribution is 0.329. The van der Waals surface area contributed by atoms with Gasteiger partial charge < -0.3 is 21.1 Å². The Kier molecular flexibility index (Phi) is 3.61. The lowest BCUT2D eigenvalue weighted by atomic mass is 9.92. The highest BCUT2D eigenvalue weighted by molar-refractivity contribution is 6.00. The van der Waals surface area contributed by atoms with Gasteiger partial charge in [-0.1, -0.05) is 12.1 Å². The third-order valence-electron chi connectivity index (χ3n) is 4.95. The smallest absolute Gasteiger partial charge is 0.146 e. The first-order valence-electron chi connectivity index (χ1n) is 8.29. The number of nitrogen functional groups attached to an aromatic ring is 1. The average Bonchev–Trinajstić information content (AvgIpc) is 2.97. The molecule has 2 aromatic heterocycles. The van der Waals surface area contributed by atoms with E-state index in [1.807, 2.05) is 12.1 Å². The van der Waals surface area contributed by atoms with Crippen LogP contribution in [0, 0.1) is 0 Å². The molecule has 4 rings (SSSR count). The van der Waals surface area contributed by atoms with Gasteiger partial charge in [0.1, 0.15) is 23.5 Å². The summed E-state index contributed by atoms with van der Waals surface area (Å²) in [7, 11) is 0. The van der Waals surface area contributed by atoms with Crippen molar-refractivity contribution in [3.05, 3.63) is 36.8 Å². The monoisotopic (exact) mass is 323 g/mol. The molecular weight excluding hydrogens is 302 g/mol. The predicted molar refractivity (Wildman–Crippen MR) is 94.5 cm³/mol. The maximum Gasteiger partial charge on any atom is 0.146 e. The Balaban J connectivity index is 1.87. The topological polar surface area (TPSA) is 103 Å². The molecule has 0 spiro atoms. The first kappa shape index (κ1) is 15.0. The summed E-state index contributed by atoms with van der Waals surface area (Å²) >= 11 is 0. The van der Waals surface area contributed by atoms with Crippen LogP contribution in [0.5, 0.6) is 5.75 Å². The van der Waals surface area contributed by atoms with E-state index in [4.69, 9.17) is 11.5 Å². The standard InChI is InChI=1S/C18H21N5O/c19-12-3-5-13(6-4-12)23-9-15(11-1-7-14(24)8-2-11)16-17(20)21-10-22-18(16)23/h1-2,7-10,12-13,24H,3-6,19H2,(H2,20,21,22). The van der Waals surface area contributed by atoms with E-state index in [-0.39, 0.29) is 5.75 Å². The number of nitrogens with two attached hydrogens (primary N) is 2. The number of anilines is 1. The minimum Gasteiger partial charge on any atom is -0.508 e. The highest BCUT2D eigenvalue weighted by Gasteiger charge is 2.24. The lowest BCUT2D eigenvalue weighted by Gasteiger charge is -2.27. The largest absolute Gasteiger partial charge is 0.508 e. The highest BCUT2D eigenvalue weighted by atomic mass is 16.3. The van der Waals surface area contributed by atoms with E-state index in [0.717, 1.165) is 47.8 Å². The van der Waals surface area contributed by atoms with Crippen molar-refractivity contribution in [3.63, 3.8) is 0 Å². The molecule has 1 aromatic carbocycles. The van der Waals surface area contributed by atoms with Gasteiger partial charge in [-0.05, 0) is 43.4 Å². The molecule has 2 heterocycles. The van der Waals surface area contributed by atoms with Gasteiger partial charge in [-0.2, -0.15) is 0 Å². The zero-order valence-electron chi connectivity index (χ0n) is 13.4. The Morgan fingerprint density at radius 2 is 1.75 bits per heavy atom. The van der Waals surface area contributed by atoms with Gasteiger partial charge in [0.05, 0.1) is 5.39 Å². The van der Waals surface area contributed by atoms with Crippen molar-refractivity contribution >= 4 is 16.9 Å². The Morgan fingerprint density at radius 1 is 1.04 bits per heavy atom. The van der Waals surface area contributed by atoms with E-state index in [0.29, 0.717) is 17.9 Å². The van der Waals surface area contributed by atoms with Crippen LogP contribution >= 0.6 is 0 Å². The number of phenolic OH excluding ortho intramolecular Hbond substituents is 1. The molecule has 24 heavy (non-hydrogen) atoms. The van der Waals surface area contributed by atoms with Crippen LogP contribution in [0.4, 0.5) is 5.82 Å². The molecular formula is C18H21N5O. The third-order valence-corrected chi connectivity index (χ3v) is 4.95. The summed E-state index contributed by atoms with van der Waals surface area (Å²) in [4.78, 5) is 8.66. The average molecular weight is 323 g/mol. The molecule has 3 aromatic rings. The van der Waals surface area contributed by atoms with Crippen molar-refractivity contribution < 1.29 is 5.11 Å². The van der Waals surface area contributed by atoms with E-state index in [1.54, 1.807) is 12.1 Å². The molecule has 1 saturated carbocycles. The minimum absolute atomic E-state index is 0.243. The lowest BCUT2D eigenvalue weighted by Crippen LogP contribution is -2.27. The fourth-order valence-electron chi connectivity index (χ4n) is 3.63. The van der Waals surface area contributed by atoms with Crippen LogP contribution in [0.15, 0.2) is 36.8 Å². The number of rotatable bonds is 2. The number of hydrogen-bond donors (Lipinski definition) is 3. The molecule has 1 aliphatic carbocycles. The summed E-state index contributed by atoms with van der Waals surface area (Å²) in [6, 6.07) is 7.82. The summed E-state index contributed by atoms with van der Waals surface area (Å²) in [5, 5.41) is 10.4. The van der Waals surface area contributed by atoms with E-state index >= 15 is 0 Å². The summed E-state index contributed by atoms with van der Waals surface area (Å²) in [5.41, 5.74) is 15.1. The third kappa shape index (κ3) is 2.49. The molecule has 0 unspecified atom stereocenters. The quantitative estimate of drug-likeness (QED) is 0.673. The van der Waals surface area contributed by atoms with Crippen LogP contribution in [0.2, 0.25) is 0 Å². The molecule has 6 heteroatoms. The molecule has 124 valence electrons. The van der Waals surface area contributed by atoms with E-state index in [9.17, 15) is 5.11 Å². The highest BCUT2D eigenvalue weighted by Crippen LogP contribution is 2.38. The van der Waals surface area contributed by atoms with E-state index < -0.39 is 0 Å². The Hall–Kier alpha value is -2.60. The number of aromatic nitrogens is 3. The zero-order chi connectivity index (χ0) is 16.7. The molecule has 5 N–H and O–H groups in total. The van der Waals surface area contributed by atoms with Gasteiger partial charge in [0.2, 0.25) is 0 Å². The molecule has 0 bridgehead atoms. The van der Waals surface area contributed by atoms with Gasteiger partial charge in [0.25, 0.3) is 0 Å². The predicted octanol–water partition coefficient (Wildman–Crippen LogP) is 2.83. The summed E-state index contributed by atoms with van der Waals surface area (Å²) in [6.07, 6.45) is 7.78. The molecule has 0 radical (unpaired) electrons. The van der Waals surface area contributed by atoms with Gasteiger partial charge in [-0.15, -0.1) is 0 Å². The second kappa shape index (κ2) is 5.79. The van der Waals surface area contributed by atoms with Crippen LogP contribution in [-0.2, 0) is 0 Å². The number of benzene rings is 1.